The zero-order valence-electron chi connectivity index (χ0n) is 9.85. The molecule has 0 spiro atoms. The number of rotatable bonds is 4. The Morgan fingerprint density at radius 1 is 1.50 bits per heavy atom. The van der Waals surface area contributed by atoms with Crippen LogP contribution in [-0.4, -0.2) is 13.6 Å². The molecule has 0 bridgehead atoms. The number of benzene rings is 1. The number of hydrogen-bond donors (Lipinski definition) is 2. The molecule has 0 saturated carbocycles. The van der Waals surface area contributed by atoms with Crippen LogP contribution >= 0.6 is 11.6 Å². The molecule has 0 aliphatic rings. The van der Waals surface area contributed by atoms with Crippen molar-refractivity contribution < 1.29 is 4.39 Å². The molecule has 1 aromatic carbocycles. The fraction of sp³-hybridized carbons (Fsp3) is 0.500. The molecule has 4 heteroatoms. The van der Waals surface area contributed by atoms with Crippen molar-refractivity contribution in [1.29, 1.82) is 0 Å². The highest BCUT2D eigenvalue weighted by atomic mass is 35.5. The quantitative estimate of drug-likeness (QED) is 0.855. The first kappa shape index (κ1) is 13.4. The van der Waals surface area contributed by atoms with Gasteiger partial charge in [0.1, 0.15) is 5.82 Å². The molecule has 0 aliphatic carbocycles. The van der Waals surface area contributed by atoms with Crippen LogP contribution in [0.2, 0.25) is 5.02 Å². The van der Waals surface area contributed by atoms with E-state index in [-0.39, 0.29) is 17.8 Å². The maximum atomic E-state index is 13.5. The van der Waals surface area contributed by atoms with E-state index < -0.39 is 0 Å². The van der Waals surface area contributed by atoms with Crippen LogP contribution in [0.5, 0.6) is 0 Å². The molecular formula is C12H18ClFN2. The first-order chi connectivity index (χ1) is 7.51. The predicted octanol–water partition coefficient (Wildman–Crippen LogP) is 2.64. The van der Waals surface area contributed by atoms with Gasteiger partial charge < -0.3 is 11.1 Å². The van der Waals surface area contributed by atoms with Gasteiger partial charge in [-0.2, -0.15) is 0 Å². The highest BCUT2D eigenvalue weighted by molar-refractivity contribution is 6.31. The van der Waals surface area contributed by atoms with Crippen molar-refractivity contribution in [3.8, 4) is 0 Å². The van der Waals surface area contributed by atoms with Crippen molar-refractivity contribution in [2.45, 2.75) is 19.9 Å². The van der Waals surface area contributed by atoms with E-state index >= 15 is 0 Å². The van der Waals surface area contributed by atoms with Crippen molar-refractivity contribution in [2.24, 2.45) is 11.7 Å². The molecule has 2 unspecified atom stereocenters. The van der Waals surface area contributed by atoms with Crippen LogP contribution in [-0.2, 0) is 0 Å². The van der Waals surface area contributed by atoms with Gasteiger partial charge in [0.15, 0.2) is 0 Å². The zero-order valence-corrected chi connectivity index (χ0v) is 10.6. The number of nitrogens with one attached hydrogen (secondary N) is 1. The second-order valence-corrected chi connectivity index (χ2v) is 4.51. The summed E-state index contributed by atoms with van der Waals surface area (Å²) in [5, 5.41) is 3.71. The van der Waals surface area contributed by atoms with Crippen molar-refractivity contribution in [1.82, 2.24) is 5.32 Å². The third kappa shape index (κ3) is 2.73. The normalized spacial score (nSPS) is 14.9. The van der Waals surface area contributed by atoms with Crippen LogP contribution in [0.25, 0.3) is 0 Å². The summed E-state index contributed by atoms with van der Waals surface area (Å²) in [5.74, 6) is -0.0338. The summed E-state index contributed by atoms with van der Waals surface area (Å²) in [5.41, 5.74) is 6.96. The van der Waals surface area contributed by atoms with Gasteiger partial charge in [-0.05, 0) is 49.7 Å². The second kappa shape index (κ2) is 5.62. The third-order valence-electron chi connectivity index (χ3n) is 2.86. The van der Waals surface area contributed by atoms with Crippen LogP contribution in [0.4, 0.5) is 4.39 Å². The van der Waals surface area contributed by atoms with E-state index in [1.54, 1.807) is 13.0 Å². The number of halogens is 2. The Balaban J connectivity index is 3.15. The molecule has 16 heavy (non-hydrogen) atoms. The van der Waals surface area contributed by atoms with Gasteiger partial charge >= 0.3 is 0 Å². The summed E-state index contributed by atoms with van der Waals surface area (Å²) in [6.45, 7) is 4.23. The molecule has 0 radical (unpaired) electrons. The maximum absolute atomic E-state index is 13.5. The highest BCUT2D eigenvalue weighted by Crippen LogP contribution is 2.29. The molecule has 2 nitrogen and oxygen atoms in total. The summed E-state index contributed by atoms with van der Waals surface area (Å²) in [4.78, 5) is 0. The van der Waals surface area contributed by atoms with Crippen molar-refractivity contribution in [3.05, 3.63) is 34.1 Å². The van der Waals surface area contributed by atoms with Gasteiger partial charge in [0.05, 0.1) is 0 Å². The van der Waals surface area contributed by atoms with E-state index in [4.69, 9.17) is 17.3 Å². The minimum Gasteiger partial charge on any atom is -0.330 e. The second-order valence-electron chi connectivity index (χ2n) is 4.10. The van der Waals surface area contributed by atoms with Gasteiger partial charge in [-0.15, -0.1) is 0 Å². The Labute approximate surface area is 101 Å². The summed E-state index contributed by atoms with van der Waals surface area (Å²) >= 11 is 6.13. The predicted molar refractivity (Wildman–Crippen MR) is 66.2 cm³/mol. The smallest absolute Gasteiger partial charge is 0.126 e. The van der Waals surface area contributed by atoms with Crippen LogP contribution in [0.1, 0.15) is 24.1 Å². The summed E-state index contributed by atoms with van der Waals surface area (Å²) < 4.78 is 13.5. The van der Waals surface area contributed by atoms with E-state index in [1.807, 2.05) is 14.0 Å². The molecule has 0 amide bonds. The van der Waals surface area contributed by atoms with E-state index in [1.165, 1.54) is 6.07 Å². The Hall–Kier alpha value is -0.640. The molecular weight excluding hydrogens is 227 g/mol. The minimum atomic E-state index is -0.233. The lowest BCUT2D eigenvalue weighted by Gasteiger charge is -2.24. The maximum Gasteiger partial charge on any atom is 0.126 e. The topological polar surface area (TPSA) is 38.0 Å². The Morgan fingerprint density at radius 3 is 2.62 bits per heavy atom. The lowest BCUT2D eigenvalue weighted by Crippen LogP contribution is -2.28. The Morgan fingerprint density at radius 2 is 2.12 bits per heavy atom. The summed E-state index contributed by atoms with van der Waals surface area (Å²) in [7, 11) is 1.82. The molecule has 3 N–H and O–H groups in total. The third-order valence-corrected chi connectivity index (χ3v) is 3.19. The van der Waals surface area contributed by atoms with E-state index in [0.29, 0.717) is 17.1 Å². The van der Waals surface area contributed by atoms with Crippen molar-refractivity contribution in [2.75, 3.05) is 13.6 Å². The Kier molecular flexibility index (Phi) is 4.71. The molecule has 2 atom stereocenters. The first-order valence-corrected chi connectivity index (χ1v) is 5.72. The van der Waals surface area contributed by atoms with E-state index in [2.05, 4.69) is 5.32 Å². The molecule has 90 valence electrons. The highest BCUT2D eigenvalue weighted by Gasteiger charge is 2.20. The molecule has 0 heterocycles. The van der Waals surface area contributed by atoms with Crippen LogP contribution in [0.3, 0.4) is 0 Å². The lowest BCUT2D eigenvalue weighted by atomic mass is 9.94. The summed E-state index contributed by atoms with van der Waals surface area (Å²) in [6.07, 6.45) is 0. The number of nitrogens with two attached hydrogens (primary N) is 1. The van der Waals surface area contributed by atoms with Crippen LogP contribution < -0.4 is 11.1 Å². The van der Waals surface area contributed by atoms with Gasteiger partial charge in [-0.3, -0.25) is 0 Å². The SMILES string of the molecule is CNC(c1cc(F)c(C)cc1Cl)C(C)CN. The standard InChI is InChI=1S/C12H18ClFN2/c1-7-4-10(13)9(5-11(7)14)12(16-3)8(2)6-15/h4-5,8,12,16H,6,15H2,1-3H3. The summed E-state index contributed by atoms with van der Waals surface area (Å²) in [6, 6.07) is 3.12. The molecule has 1 aromatic rings. The van der Waals surface area contributed by atoms with Gasteiger partial charge in [0, 0.05) is 11.1 Å². The largest absolute Gasteiger partial charge is 0.330 e. The van der Waals surface area contributed by atoms with Gasteiger partial charge in [0.25, 0.3) is 0 Å². The van der Waals surface area contributed by atoms with E-state index in [0.717, 1.165) is 5.56 Å². The fourth-order valence-electron chi connectivity index (χ4n) is 1.78. The van der Waals surface area contributed by atoms with Gasteiger partial charge in [0.2, 0.25) is 0 Å². The molecule has 0 saturated heterocycles. The first-order valence-electron chi connectivity index (χ1n) is 5.34. The van der Waals surface area contributed by atoms with Gasteiger partial charge in [-0.25, -0.2) is 4.39 Å². The van der Waals surface area contributed by atoms with Gasteiger partial charge in [-0.1, -0.05) is 18.5 Å². The van der Waals surface area contributed by atoms with Crippen LogP contribution in [0, 0.1) is 18.7 Å². The zero-order chi connectivity index (χ0) is 12.3. The van der Waals surface area contributed by atoms with Crippen molar-refractivity contribution >= 4 is 11.6 Å². The molecule has 0 fully saturated rings. The molecule has 0 aliphatic heterocycles. The van der Waals surface area contributed by atoms with Crippen molar-refractivity contribution in [3.63, 3.8) is 0 Å². The number of aryl methyl sites for hydroxylation is 1. The fourth-order valence-corrected chi connectivity index (χ4v) is 2.12. The molecule has 1 rings (SSSR count). The minimum absolute atomic E-state index is 0.0207. The van der Waals surface area contributed by atoms with Crippen LogP contribution in [0.15, 0.2) is 12.1 Å². The average Bonchev–Trinajstić information content (AvgIpc) is 2.26. The Bertz CT molecular complexity index is 368. The monoisotopic (exact) mass is 244 g/mol. The van der Waals surface area contributed by atoms with E-state index in [9.17, 15) is 4.39 Å². The number of hydrogen-bond acceptors (Lipinski definition) is 2. The lowest BCUT2D eigenvalue weighted by molar-refractivity contribution is 0.418. The molecule has 0 aromatic heterocycles. The average molecular weight is 245 g/mol.